The molecule has 0 atom stereocenters. The molecule has 0 spiro atoms. The third-order valence-corrected chi connectivity index (χ3v) is 10.4. The summed E-state index contributed by atoms with van der Waals surface area (Å²) >= 11 is 0. The Morgan fingerprint density at radius 3 is 1.82 bits per heavy atom. The fourth-order valence-corrected chi connectivity index (χ4v) is 7.23. The van der Waals surface area contributed by atoms with E-state index in [1.807, 2.05) is 20.8 Å². The zero-order valence-electron chi connectivity index (χ0n) is 22.5. The van der Waals surface area contributed by atoms with Gasteiger partial charge in [0, 0.05) is 26.2 Å². The highest BCUT2D eigenvalue weighted by atomic mass is 32.2. The summed E-state index contributed by atoms with van der Waals surface area (Å²) in [5, 5.41) is 0. The van der Waals surface area contributed by atoms with Gasteiger partial charge < -0.3 is 9.64 Å². The monoisotopic (exact) mass is 571 g/mol. The molecule has 39 heavy (non-hydrogen) atoms. The minimum absolute atomic E-state index is 0.0541. The maximum absolute atomic E-state index is 13.8. The Morgan fingerprint density at radius 2 is 1.28 bits per heavy atom. The smallest absolute Gasteiger partial charge is 0.264 e. The summed E-state index contributed by atoms with van der Waals surface area (Å²) in [6.07, 6.45) is 0. The molecule has 0 saturated carbocycles. The van der Waals surface area contributed by atoms with Gasteiger partial charge in [-0.15, -0.1) is 0 Å². The van der Waals surface area contributed by atoms with Crippen LogP contribution in [0.15, 0.2) is 76.5 Å². The van der Waals surface area contributed by atoms with Crippen molar-refractivity contribution in [2.45, 2.75) is 30.6 Å². The minimum Gasteiger partial charge on any atom is -0.495 e. The van der Waals surface area contributed by atoms with E-state index in [0.717, 1.165) is 21.0 Å². The summed E-state index contributed by atoms with van der Waals surface area (Å²) in [5.74, 6) is -0.111. The van der Waals surface area contributed by atoms with Crippen LogP contribution in [0.2, 0.25) is 0 Å². The van der Waals surface area contributed by atoms with Crippen molar-refractivity contribution in [1.82, 2.24) is 9.21 Å². The Morgan fingerprint density at radius 1 is 0.769 bits per heavy atom. The number of aryl methyl sites for hydroxylation is 3. The molecule has 1 heterocycles. The van der Waals surface area contributed by atoms with Crippen LogP contribution >= 0.6 is 0 Å². The van der Waals surface area contributed by atoms with Gasteiger partial charge in [-0.05, 0) is 62.7 Å². The van der Waals surface area contributed by atoms with E-state index in [0.29, 0.717) is 5.75 Å². The van der Waals surface area contributed by atoms with Gasteiger partial charge in [0.25, 0.3) is 10.0 Å². The average molecular weight is 572 g/mol. The largest absolute Gasteiger partial charge is 0.495 e. The van der Waals surface area contributed by atoms with Crippen LogP contribution in [0.5, 0.6) is 5.75 Å². The van der Waals surface area contributed by atoms with E-state index in [9.17, 15) is 21.6 Å². The first kappa shape index (κ1) is 28.6. The number of carbonyl (C=O) groups excluding carboxylic acids is 1. The number of hydrogen-bond acceptors (Lipinski definition) is 6. The van der Waals surface area contributed by atoms with Crippen LogP contribution in [0.25, 0.3) is 0 Å². The topological polar surface area (TPSA) is 104 Å². The first-order valence-corrected chi connectivity index (χ1v) is 15.4. The summed E-state index contributed by atoms with van der Waals surface area (Å²) in [6, 6.07) is 18.2. The maximum atomic E-state index is 13.8. The summed E-state index contributed by atoms with van der Waals surface area (Å²) in [5.41, 5.74) is 2.92. The van der Waals surface area contributed by atoms with Crippen LogP contribution in [0.3, 0.4) is 0 Å². The lowest BCUT2D eigenvalue weighted by Gasteiger charge is -2.35. The van der Waals surface area contributed by atoms with Gasteiger partial charge in [-0.3, -0.25) is 9.10 Å². The van der Waals surface area contributed by atoms with Crippen molar-refractivity contribution in [2.75, 3.05) is 44.1 Å². The molecule has 0 N–H and O–H groups in total. The van der Waals surface area contributed by atoms with Gasteiger partial charge in [-0.2, -0.15) is 4.31 Å². The molecular weight excluding hydrogens is 538 g/mol. The van der Waals surface area contributed by atoms with E-state index in [1.165, 1.54) is 28.4 Å². The second-order valence-corrected chi connectivity index (χ2v) is 13.4. The van der Waals surface area contributed by atoms with Gasteiger partial charge in [0.15, 0.2) is 0 Å². The van der Waals surface area contributed by atoms with E-state index in [1.54, 1.807) is 54.6 Å². The summed E-state index contributed by atoms with van der Waals surface area (Å²) in [7, 11) is -6.38. The number of methoxy groups -OCH3 is 1. The highest BCUT2D eigenvalue weighted by molar-refractivity contribution is 7.93. The van der Waals surface area contributed by atoms with Crippen LogP contribution in [-0.4, -0.2) is 71.8 Å². The molecular formula is C28H33N3O6S2. The highest BCUT2D eigenvalue weighted by Gasteiger charge is 2.34. The van der Waals surface area contributed by atoms with E-state index < -0.39 is 32.5 Å². The van der Waals surface area contributed by atoms with E-state index in [2.05, 4.69) is 0 Å². The van der Waals surface area contributed by atoms with Gasteiger partial charge in [0.05, 0.1) is 22.6 Å². The number of anilines is 1. The first-order chi connectivity index (χ1) is 18.4. The Kier molecular flexibility index (Phi) is 8.34. The fraction of sp³-hybridized carbons (Fsp3) is 0.321. The molecule has 11 heteroatoms. The summed E-state index contributed by atoms with van der Waals surface area (Å²) in [6.45, 7) is 5.63. The Balaban J connectivity index is 1.58. The van der Waals surface area contributed by atoms with Crippen molar-refractivity contribution in [2.24, 2.45) is 0 Å². The van der Waals surface area contributed by atoms with Crippen molar-refractivity contribution in [1.29, 1.82) is 0 Å². The Labute approximate surface area is 230 Å². The number of piperazine rings is 1. The fourth-order valence-electron chi connectivity index (χ4n) is 4.39. The van der Waals surface area contributed by atoms with Crippen molar-refractivity contribution in [3.05, 3.63) is 83.4 Å². The lowest BCUT2D eigenvalue weighted by molar-refractivity contribution is -0.130. The van der Waals surface area contributed by atoms with Gasteiger partial charge in [0.2, 0.25) is 15.9 Å². The lowest BCUT2D eigenvalue weighted by Crippen LogP contribution is -2.53. The molecule has 0 aromatic heterocycles. The number of hydrogen-bond donors (Lipinski definition) is 0. The first-order valence-electron chi connectivity index (χ1n) is 12.5. The van der Waals surface area contributed by atoms with E-state index in [4.69, 9.17) is 4.74 Å². The van der Waals surface area contributed by atoms with Crippen LogP contribution in [0.1, 0.15) is 16.7 Å². The molecule has 3 aromatic carbocycles. The number of sulfonamides is 2. The zero-order chi connectivity index (χ0) is 28.4. The molecule has 9 nitrogen and oxygen atoms in total. The SMILES string of the molecule is COc1ccc(C)cc1N(CC(=O)N1CCN(S(=O)(=O)c2ccc(C)cc2)CC1)S(=O)(=O)c1ccc(C)cc1. The highest BCUT2D eigenvalue weighted by Crippen LogP contribution is 2.33. The Bertz CT molecular complexity index is 1550. The second kappa shape index (κ2) is 11.4. The quantitative estimate of drug-likeness (QED) is 0.411. The Hall–Kier alpha value is -3.41. The predicted octanol–water partition coefficient (Wildman–Crippen LogP) is 3.35. The average Bonchev–Trinajstić information content (AvgIpc) is 2.92. The molecule has 0 bridgehead atoms. The van der Waals surface area contributed by atoms with E-state index >= 15 is 0 Å². The molecule has 1 amide bonds. The molecule has 3 aromatic rings. The summed E-state index contributed by atoms with van der Waals surface area (Å²) < 4.78 is 61.7. The van der Waals surface area contributed by atoms with Crippen molar-refractivity contribution in [3.63, 3.8) is 0 Å². The molecule has 1 saturated heterocycles. The van der Waals surface area contributed by atoms with Crippen LogP contribution < -0.4 is 9.04 Å². The van der Waals surface area contributed by atoms with Gasteiger partial charge in [0.1, 0.15) is 12.3 Å². The molecule has 0 unspecified atom stereocenters. The molecule has 0 aliphatic carbocycles. The van der Waals surface area contributed by atoms with Crippen molar-refractivity contribution >= 4 is 31.6 Å². The van der Waals surface area contributed by atoms with Gasteiger partial charge >= 0.3 is 0 Å². The molecule has 1 fully saturated rings. The van der Waals surface area contributed by atoms with E-state index in [-0.39, 0.29) is 41.7 Å². The predicted molar refractivity (Wildman–Crippen MR) is 150 cm³/mol. The van der Waals surface area contributed by atoms with Gasteiger partial charge in [-0.1, -0.05) is 41.5 Å². The number of nitrogens with zero attached hydrogens (tertiary/aromatic N) is 3. The van der Waals surface area contributed by atoms with Crippen LogP contribution in [0, 0.1) is 20.8 Å². The standard InChI is InChI=1S/C28H33N3O6S2/c1-21-5-10-24(11-6-21)38(33,34)30-17-15-29(16-18-30)28(32)20-31(26-19-23(3)9-14-27(26)37-4)39(35,36)25-12-7-22(2)8-13-25/h5-14,19H,15-18,20H2,1-4H3. The molecule has 208 valence electrons. The molecule has 1 aliphatic rings. The second-order valence-electron chi connectivity index (χ2n) is 9.60. The third kappa shape index (κ3) is 6.10. The molecule has 0 radical (unpaired) electrons. The molecule has 1 aliphatic heterocycles. The number of rotatable bonds is 8. The van der Waals surface area contributed by atoms with Gasteiger partial charge in [-0.25, -0.2) is 16.8 Å². The third-order valence-electron chi connectivity index (χ3n) is 6.74. The minimum atomic E-state index is -4.13. The number of benzene rings is 3. The number of amides is 1. The van der Waals surface area contributed by atoms with Crippen LogP contribution in [0.4, 0.5) is 5.69 Å². The van der Waals surface area contributed by atoms with Crippen molar-refractivity contribution in [3.8, 4) is 5.75 Å². The summed E-state index contributed by atoms with van der Waals surface area (Å²) in [4.78, 5) is 15.2. The number of ether oxygens (including phenoxy) is 1. The van der Waals surface area contributed by atoms with Crippen LogP contribution in [-0.2, 0) is 24.8 Å². The molecule has 4 rings (SSSR count). The normalized spacial score (nSPS) is 14.7. The maximum Gasteiger partial charge on any atom is 0.264 e. The van der Waals surface area contributed by atoms with Crippen molar-refractivity contribution < 1.29 is 26.4 Å². The zero-order valence-corrected chi connectivity index (χ0v) is 24.1. The number of carbonyl (C=O) groups is 1. The lowest BCUT2D eigenvalue weighted by atomic mass is 10.2.